The molecule has 1 heterocycles. The molecule has 0 aromatic heterocycles. The van der Waals surface area contributed by atoms with Crippen LogP contribution in [0.3, 0.4) is 0 Å². The standard InChI is InChI=1S/C21H26N2O2/c1-22(16-18-10-4-2-5-11-18)14-8-9-15-23-20(17-25-21(23)24)19-12-6-3-7-13-19/h2-7,10-13,20H,8-9,14-17H2,1H3. The second-order valence-corrected chi connectivity index (χ2v) is 6.63. The molecule has 4 heteroatoms. The van der Waals surface area contributed by atoms with Crippen molar-refractivity contribution in [3.05, 3.63) is 71.8 Å². The molecule has 1 aliphatic rings. The lowest BCUT2D eigenvalue weighted by molar-refractivity contribution is 0.156. The minimum atomic E-state index is -0.188. The van der Waals surface area contributed by atoms with Crippen molar-refractivity contribution in [2.24, 2.45) is 0 Å². The molecule has 2 aromatic rings. The lowest BCUT2D eigenvalue weighted by Gasteiger charge is -2.22. The Morgan fingerprint density at radius 1 is 1.04 bits per heavy atom. The van der Waals surface area contributed by atoms with Crippen LogP contribution in [0.25, 0.3) is 0 Å². The number of rotatable bonds is 8. The molecule has 0 N–H and O–H groups in total. The maximum atomic E-state index is 12.0. The van der Waals surface area contributed by atoms with Crippen LogP contribution < -0.4 is 0 Å². The van der Waals surface area contributed by atoms with Gasteiger partial charge in [0.15, 0.2) is 0 Å². The molecule has 4 nitrogen and oxygen atoms in total. The molecule has 0 bridgehead atoms. The van der Waals surface area contributed by atoms with Crippen molar-refractivity contribution in [1.82, 2.24) is 9.80 Å². The number of benzene rings is 2. The molecule has 1 atom stereocenters. The fourth-order valence-corrected chi connectivity index (χ4v) is 3.29. The molecule has 0 saturated carbocycles. The van der Waals surface area contributed by atoms with Crippen LogP contribution >= 0.6 is 0 Å². The molecule has 0 aliphatic carbocycles. The Hall–Kier alpha value is -2.33. The zero-order valence-corrected chi connectivity index (χ0v) is 14.8. The SMILES string of the molecule is CN(CCCCN1C(=O)OCC1c1ccccc1)Cc1ccccc1. The van der Waals surface area contributed by atoms with Gasteiger partial charge >= 0.3 is 6.09 Å². The molecule has 1 amide bonds. The summed E-state index contributed by atoms with van der Waals surface area (Å²) in [5.74, 6) is 0. The van der Waals surface area contributed by atoms with Crippen molar-refractivity contribution >= 4 is 6.09 Å². The summed E-state index contributed by atoms with van der Waals surface area (Å²) in [5, 5.41) is 0. The molecule has 2 aromatic carbocycles. The van der Waals surface area contributed by atoms with Gasteiger partial charge in [-0.3, -0.25) is 4.90 Å². The summed E-state index contributed by atoms with van der Waals surface area (Å²) in [6.07, 6.45) is 1.86. The number of carbonyl (C=O) groups excluding carboxylic acids is 1. The Morgan fingerprint density at radius 2 is 1.72 bits per heavy atom. The Morgan fingerprint density at radius 3 is 2.44 bits per heavy atom. The number of amides is 1. The highest BCUT2D eigenvalue weighted by molar-refractivity contribution is 5.70. The molecule has 132 valence electrons. The summed E-state index contributed by atoms with van der Waals surface area (Å²) in [4.78, 5) is 16.2. The van der Waals surface area contributed by atoms with Crippen molar-refractivity contribution in [2.75, 3.05) is 26.7 Å². The Balaban J connectivity index is 1.44. The van der Waals surface area contributed by atoms with Gasteiger partial charge in [-0.15, -0.1) is 0 Å². The number of ether oxygens (including phenoxy) is 1. The van der Waals surface area contributed by atoms with E-state index >= 15 is 0 Å². The molecule has 0 spiro atoms. The lowest BCUT2D eigenvalue weighted by Crippen LogP contribution is -2.29. The molecule has 3 rings (SSSR count). The highest BCUT2D eigenvalue weighted by Crippen LogP contribution is 2.27. The first-order valence-electron chi connectivity index (χ1n) is 8.95. The first kappa shape index (κ1) is 17.5. The van der Waals surface area contributed by atoms with E-state index in [1.165, 1.54) is 5.56 Å². The van der Waals surface area contributed by atoms with E-state index in [1.807, 2.05) is 29.2 Å². The highest BCUT2D eigenvalue weighted by Gasteiger charge is 2.33. The first-order chi connectivity index (χ1) is 12.2. The second kappa shape index (κ2) is 8.67. The van der Waals surface area contributed by atoms with Crippen molar-refractivity contribution in [2.45, 2.75) is 25.4 Å². The predicted octanol–water partition coefficient (Wildman–Crippen LogP) is 4.09. The van der Waals surface area contributed by atoms with Crippen LogP contribution in [-0.2, 0) is 11.3 Å². The second-order valence-electron chi connectivity index (χ2n) is 6.63. The molecular formula is C21H26N2O2. The monoisotopic (exact) mass is 338 g/mol. The van der Waals surface area contributed by atoms with Crippen molar-refractivity contribution in [3.8, 4) is 0 Å². The number of nitrogens with zero attached hydrogens (tertiary/aromatic N) is 2. The van der Waals surface area contributed by atoms with E-state index in [0.717, 1.165) is 38.0 Å². The summed E-state index contributed by atoms with van der Waals surface area (Å²) < 4.78 is 5.27. The first-order valence-corrected chi connectivity index (χ1v) is 8.95. The molecule has 25 heavy (non-hydrogen) atoms. The Kier molecular flexibility index (Phi) is 6.07. The van der Waals surface area contributed by atoms with Crippen LogP contribution in [0.1, 0.15) is 30.0 Å². The maximum absolute atomic E-state index is 12.0. The van der Waals surface area contributed by atoms with E-state index in [-0.39, 0.29) is 12.1 Å². The van der Waals surface area contributed by atoms with E-state index in [0.29, 0.717) is 6.61 Å². The highest BCUT2D eigenvalue weighted by atomic mass is 16.6. The van der Waals surface area contributed by atoms with E-state index in [9.17, 15) is 4.79 Å². The average Bonchev–Trinajstić information content (AvgIpc) is 3.01. The van der Waals surface area contributed by atoms with Crippen LogP contribution in [0.4, 0.5) is 4.79 Å². The summed E-state index contributed by atoms with van der Waals surface area (Å²) in [5.41, 5.74) is 2.48. The summed E-state index contributed by atoms with van der Waals surface area (Å²) in [7, 11) is 2.14. The van der Waals surface area contributed by atoms with E-state index < -0.39 is 0 Å². The zero-order chi connectivity index (χ0) is 17.5. The van der Waals surface area contributed by atoms with Crippen molar-refractivity contribution in [1.29, 1.82) is 0 Å². The van der Waals surface area contributed by atoms with Gasteiger partial charge in [-0.1, -0.05) is 60.7 Å². The lowest BCUT2D eigenvalue weighted by atomic mass is 10.1. The molecule has 1 unspecified atom stereocenters. The topological polar surface area (TPSA) is 32.8 Å². The third kappa shape index (κ3) is 4.83. The van der Waals surface area contributed by atoms with Gasteiger partial charge in [0.05, 0.1) is 6.04 Å². The van der Waals surface area contributed by atoms with E-state index in [1.54, 1.807) is 0 Å². The number of unbranched alkanes of at least 4 members (excludes halogenated alkanes) is 1. The minimum absolute atomic E-state index is 0.0516. The van der Waals surface area contributed by atoms with E-state index in [4.69, 9.17) is 4.74 Å². The number of carbonyl (C=O) groups is 1. The summed E-state index contributed by atoms with van der Waals surface area (Å²) >= 11 is 0. The van der Waals surface area contributed by atoms with Gasteiger partial charge in [0.2, 0.25) is 0 Å². The van der Waals surface area contributed by atoms with Gasteiger partial charge < -0.3 is 9.64 Å². The normalized spacial score (nSPS) is 17.1. The average molecular weight is 338 g/mol. The predicted molar refractivity (Wildman–Crippen MR) is 99.2 cm³/mol. The van der Waals surface area contributed by atoms with Crippen LogP contribution in [0.15, 0.2) is 60.7 Å². The van der Waals surface area contributed by atoms with Gasteiger partial charge in [-0.2, -0.15) is 0 Å². The van der Waals surface area contributed by atoms with Crippen LogP contribution in [-0.4, -0.2) is 42.6 Å². The van der Waals surface area contributed by atoms with Gasteiger partial charge in [0, 0.05) is 13.1 Å². The molecular weight excluding hydrogens is 312 g/mol. The molecule has 1 fully saturated rings. The van der Waals surface area contributed by atoms with Crippen LogP contribution in [0.5, 0.6) is 0 Å². The fourth-order valence-electron chi connectivity index (χ4n) is 3.29. The third-order valence-electron chi connectivity index (χ3n) is 4.64. The smallest absolute Gasteiger partial charge is 0.410 e. The quantitative estimate of drug-likeness (QED) is 0.680. The Bertz CT molecular complexity index is 660. The largest absolute Gasteiger partial charge is 0.447 e. The maximum Gasteiger partial charge on any atom is 0.410 e. The van der Waals surface area contributed by atoms with Gasteiger partial charge in [0.25, 0.3) is 0 Å². The van der Waals surface area contributed by atoms with Gasteiger partial charge in [0.1, 0.15) is 6.61 Å². The van der Waals surface area contributed by atoms with Gasteiger partial charge in [-0.25, -0.2) is 4.79 Å². The fraction of sp³-hybridized carbons (Fsp3) is 0.381. The Labute approximate surface area is 150 Å². The number of cyclic esters (lactones) is 1. The summed E-state index contributed by atoms with van der Waals surface area (Å²) in [6.45, 7) is 3.18. The molecule has 1 saturated heterocycles. The molecule has 0 radical (unpaired) electrons. The molecule has 1 aliphatic heterocycles. The van der Waals surface area contributed by atoms with Crippen LogP contribution in [0.2, 0.25) is 0 Å². The van der Waals surface area contributed by atoms with Gasteiger partial charge in [-0.05, 0) is 37.6 Å². The minimum Gasteiger partial charge on any atom is -0.447 e. The number of hydrogen-bond donors (Lipinski definition) is 0. The van der Waals surface area contributed by atoms with E-state index in [2.05, 4.69) is 48.3 Å². The third-order valence-corrected chi connectivity index (χ3v) is 4.64. The zero-order valence-electron chi connectivity index (χ0n) is 14.8. The van der Waals surface area contributed by atoms with Crippen molar-refractivity contribution in [3.63, 3.8) is 0 Å². The summed E-state index contributed by atoms with van der Waals surface area (Å²) in [6, 6.07) is 20.7. The van der Waals surface area contributed by atoms with Crippen molar-refractivity contribution < 1.29 is 9.53 Å². The number of hydrogen-bond acceptors (Lipinski definition) is 3. The van der Waals surface area contributed by atoms with Crippen LogP contribution in [0, 0.1) is 0 Å².